The first-order chi connectivity index (χ1) is 10.7. The molecule has 0 saturated carbocycles. The Morgan fingerprint density at radius 3 is 2.30 bits per heavy atom. The minimum Gasteiger partial charge on any atom is -0.258 e. The van der Waals surface area contributed by atoms with Crippen molar-refractivity contribution in [1.29, 1.82) is 0 Å². The normalized spacial score (nSPS) is 12.8. The first-order valence-corrected chi connectivity index (χ1v) is 8.53. The number of nitrogens with zero attached hydrogens (tertiary/aromatic N) is 1. The lowest BCUT2D eigenvalue weighted by atomic mass is 10.1. The lowest BCUT2D eigenvalue weighted by molar-refractivity contribution is -0.385. The van der Waals surface area contributed by atoms with Crippen LogP contribution in [0.2, 0.25) is 0 Å². The van der Waals surface area contributed by atoms with E-state index in [9.17, 15) is 18.5 Å². The average Bonchev–Trinajstić information content (AvgIpc) is 2.49. The van der Waals surface area contributed by atoms with Crippen LogP contribution in [0.25, 0.3) is 0 Å². The van der Waals surface area contributed by atoms with Crippen LogP contribution in [0.1, 0.15) is 29.7 Å². The van der Waals surface area contributed by atoms with E-state index in [-0.39, 0.29) is 10.6 Å². The monoisotopic (exact) mass is 334 g/mol. The van der Waals surface area contributed by atoms with Crippen molar-refractivity contribution < 1.29 is 13.3 Å². The van der Waals surface area contributed by atoms with Crippen LogP contribution in [0.15, 0.2) is 47.4 Å². The molecule has 6 nitrogen and oxygen atoms in total. The summed E-state index contributed by atoms with van der Waals surface area (Å²) in [7, 11) is -3.86. The zero-order chi connectivity index (χ0) is 17.2. The molecule has 0 amide bonds. The molecule has 2 rings (SSSR count). The lowest BCUT2D eigenvalue weighted by Gasteiger charge is -2.15. The zero-order valence-corrected chi connectivity index (χ0v) is 13.9. The van der Waals surface area contributed by atoms with Crippen LogP contribution in [-0.2, 0) is 10.0 Å². The molecule has 23 heavy (non-hydrogen) atoms. The van der Waals surface area contributed by atoms with Gasteiger partial charge in [-0.05, 0) is 38.0 Å². The van der Waals surface area contributed by atoms with Crippen LogP contribution in [-0.4, -0.2) is 13.3 Å². The standard InChI is InChI=1S/C16H18N2O4S/c1-11-9-15(10-16(12(11)2)18(19)20)23(21,22)17-13(3)14-7-5-4-6-8-14/h4-10,13,17H,1-3H3/t13-/m1/s1. The maximum Gasteiger partial charge on any atom is 0.273 e. The van der Waals surface area contributed by atoms with Crippen LogP contribution in [0.3, 0.4) is 0 Å². The van der Waals surface area contributed by atoms with E-state index in [1.165, 1.54) is 6.07 Å². The van der Waals surface area contributed by atoms with Crippen LogP contribution in [0.5, 0.6) is 0 Å². The number of rotatable bonds is 5. The summed E-state index contributed by atoms with van der Waals surface area (Å²) in [6.07, 6.45) is 0. The SMILES string of the molecule is Cc1cc(S(=O)(=O)N[C@H](C)c2ccccc2)cc([N+](=O)[O-])c1C. The smallest absolute Gasteiger partial charge is 0.258 e. The summed E-state index contributed by atoms with van der Waals surface area (Å²) >= 11 is 0. The first kappa shape index (κ1) is 17.1. The number of sulfonamides is 1. The second-order valence-electron chi connectivity index (χ2n) is 5.40. The fourth-order valence-corrected chi connectivity index (χ4v) is 3.60. The van der Waals surface area contributed by atoms with E-state index in [0.717, 1.165) is 11.6 Å². The van der Waals surface area contributed by atoms with Gasteiger partial charge in [0.25, 0.3) is 5.69 Å². The van der Waals surface area contributed by atoms with Gasteiger partial charge in [0.05, 0.1) is 9.82 Å². The van der Waals surface area contributed by atoms with Crippen LogP contribution < -0.4 is 4.72 Å². The second kappa shape index (κ2) is 6.47. The summed E-state index contributed by atoms with van der Waals surface area (Å²) < 4.78 is 27.6. The van der Waals surface area contributed by atoms with Crippen molar-refractivity contribution in [2.24, 2.45) is 0 Å². The number of nitrogens with one attached hydrogen (secondary N) is 1. The summed E-state index contributed by atoms with van der Waals surface area (Å²) in [4.78, 5) is 10.4. The molecule has 7 heteroatoms. The largest absolute Gasteiger partial charge is 0.273 e. The van der Waals surface area contributed by atoms with Gasteiger partial charge >= 0.3 is 0 Å². The average molecular weight is 334 g/mol. The molecule has 2 aromatic carbocycles. The minimum atomic E-state index is -3.86. The summed E-state index contributed by atoms with van der Waals surface area (Å²) in [6.45, 7) is 4.98. The number of aryl methyl sites for hydroxylation is 1. The third kappa shape index (κ3) is 3.75. The highest BCUT2D eigenvalue weighted by atomic mass is 32.2. The van der Waals surface area contributed by atoms with Gasteiger partial charge in [-0.2, -0.15) is 0 Å². The van der Waals surface area contributed by atoms with E-state index in [2.05, 4.69) is 4.72 Å². The Morgan fingerprint density at radius 2 is 1.74 bits per heavy atom. The van der Waals surface area contributed by atoms with Gasteiger partial charge in [0.15, 0.2) is 0 Å². The van der Waals surface area contributed by atoms with Gasteiger partial charge in [0.1, 0.15) is 0 Å². The Bertz CT molecular complexity index is 833. The zero-order valence-electron chi connectivity index (χ0n) is 13.1. The Labute approximate surface area is 135 Å². The van der Waals surface area contributed by atoms with E-state index in [0.29, 0.717) is 11.1 Å². The molecule has 0 saturated heterocycles. The van der Waals surface area contributed by atoms with Crippen LogP contribution >= 0.6 is 0 Å². The van der Waals surface area contributed by atoms with E-state index in [4.69, 9.17) is 0 Å². The lowest BCUT2D eigenvalue weighted by Crippen LogP contribution is -2.27. The molecule has 0 fully saturated rings. The Kier molecular flexibility index (Phi) is 4.82. The number of nitro groups is 1. The first-order valence-electron chi connectivity index (χ1n) is 7.05. The van der Waals surface area contributed by atoms with Crippen molar-refractivity contribution in [3.05, 3.63) is 69.3 Å². The van der Waals surface area contributed by atoms with Crippen molar-refractivity contribution in [3.8, 4) is 0 Å². The molecule has 0 bridgehead atoms. The van der Waals surface area contributed by atoms with Gasteiger partial charge in [-0.3, -0.25) is 10.1 Å². The highest BCUT2D eigenvalue weighted by Gasteiger charge is 2.23. The number of nitro benzene ring substituents is 1. The van der Waals surface area contributed by atoms with Gasteiger partial charge in [-0.1, -0.05) is 30.3 Å². The molecule has 0 aromatic heterocycles. The van der Waals surface area contributed by atoms with E-state index in [1.807, 2.05) is 30.3 Å². The number of benzene rings is 2. The van der Waals surface area contributed by atoms with Crippen LogP contribution in [0, 0.1) is 24.0 Å². The predicted octanol–water partition coefficient (Wildman–Crippen LogP) is 3.25. The van der Waals surface area contributed by atoms with Gasteiger partial charge in [-0.25, -0.2) is 13.1 Å². The van der Waals surface area contributed by atoms with Crippen molar-refractivity contribution in [3.63, 3.8) is 0 Å². The summed E-state index contributed by atoms with van der Waals surface area (Å²) in [5.41, 5.74) is 1.64. The molecule has 0 spiro atoms. The molecular weight excluding hydrogens is 316 g/mol. The Balaban J connectivity index is 2.39. The maximum absolute atomic E-state index is 12.5. The van der Waals surface area contributed by atoms with E-state index >= 15 is 0 Å². The van der Waals surface area contributed by atoms with E-state index in [1.54, 1.807) is 20.8 Å². The summed E-state index contributed by atoms with van der Waals surface area (Å²) in [5, 5.41) is 11.1. The third-order valence-corrected chi connectivity index (χ3v) is 5.27. The predicted molar refractivity (Wildman–Crippen MR) is 87.7 cm³/mol. The Hall–Kier alpha value is -2.25. The molecular formula is C16H18N2O4S. The summed E-state index contributed by atoms with van der Waals surface area (Å²) in [6, 6.07) is 11.2. The minimum absolute atomic E-state index is 0.102. The second-order valence-corrected chi connectivity index (χ2v) is 7.11. The molecule has 1 atom stereocenters. The number of hydrogen-bond donors (Lipinski definition) is 1. The van der Waals surface area contributed by atoms with Crippen molar-refractivity contribution in [2.75, 3.05) is 0 Å². The van der Waals surface area contributed by atoms with Crippen molar-refractivity contribution in [1.82, 2.24) is 4.72 Å². The number of hydrogen-bond acceptors (Lipinski definition) is 4. The topological polar surface area (TPSA) is 89.3 Å². The van der Waals surface area contributed by atoms with Gasteiger partial charge in [0, 0.05) is 17.7 Å². The highest BCUT2D eigenvalue weighted by molar-refractivity contribution is 7.89. The third-order valence-electron chi connectivity index (χ3n) is 3.75. The fraction of sp³-hybridized carbons (Fsp3) is 0.250. The molecule has 122 valence electrons. The molecule has 0 aliphatic carbocycles. The quantitative estimate of drug-likeness (QED) is 0.671. The molecule has 0 aliphatic heterocycles. The summed E-state index contributed by atoms with van der Waals surface area (Å²) in [5.74, 6) is 0. The van der Waals surface area contributed by atoms with Crippen molar-refractivity contribution in [2.45, 2.75) is 31.7 Å². The van der Waals surface area contributed by atoms with E-state index < -0.39 is 21.0 Å². The molecule has 1 N–H and O–H groups in total. The van der Waals surface area contributed by atoms with Crippen LogP contribution in [0.4, 0.5) is 5.69 Å². The molecule has 0 radical (unpaired) electrons. The van der Waals surface area contributed by atoms with Gasteiger partial charge in [-0.15, -0.1) is 0 Å². The molecule has 0 aliphatic rings. The molecule has 0 unspecified atom stereocenters. The Morgan fingerprint density at radius 1 is 1.13 bits per heavy atom. The van der Waals surface area contributed by atoms with Crippen molar-refractivity contribution >= 4 is 15.7 Å². The maximum atomic E-state index is 12.5. The molecule has 0 heterocycles. The van der Waals surface area contributed by atoms with Gasteiger partial charge < -0.3 is 0 Å². The molecule has 2 aromatic rings. The van der Waals surface area contributed by atoms with Gasteiger partial charge in [0.2, 0.25) is 10.0 Å². The highest BCUT2D eigenvalue weighted by Crippen LogP contribution is 2.26. The fourth-order valence-electron chi connectivity index (χ4n) is 2.26.